The molecule has 1 amide bonds. The number of benzene rings is 3. The van der Waals surface area contributed by atoms with Crippen LogP contribution in [0.5, 0.6) is 0 Å². The predicted octanol–water partition coefficient (Wildman–Crippen LogP) is 5.04. The minimum Gasteiger partial charge on any atom is -0.462 e. The summed E-state index contributed by atoms with van der Waals surface area (Å²) in [5, 5.41) is 2.76. The van der Waals surface area contributed by atoms with Gasteiger partial charge in [0.2, 0.25) is 5.91 Å². The van der Waals surface area contributed by atoms with E-state index in [0.29, 0.717) is 22.5 Å². The van der Waals surface area contributed by atoms with Gasteiger partial charge in [-0.1, -0.05) is 17.7 Å². The van der Waals surface area contributed by atoms with E-state index in [9.17, 15) is 18.0 Å². The van der Waals surface area contributed by atoms with E-state index in [4.69, 9.17) is 4.74 Å². The zero-order chi connectivity index (χ0) is 25.6. The van der Waals surface area contributed by atoms with Gasteiger partial charge in [-0.25, -0.2) is 13.2 Å². The normalized spacial score (nSPS) is 11.1. The molecule has 0 spiro atoms. The van der Waals surface area contributed by atoms with Crippen LogP contribution in [0.25, 0.3) is 0 Å². The van der Waals surface area contributed by atoms with Crippen molar-refractivity contribution in [2.45, 2.75) is 30.6 Å². The van der Waals surface area contributed by atoms with E-state index in [1.807, 2.05) is 13.2 Å². The zero-order valence-electron chi connectivity index (χ0n) is 20.1. The minimum absolute atomic E-state index is 0.0960. The van der Waals surface area contributed by atoms with Crippen molar-refractivity contribution in [3.8, 4) is 0 Å². The molecule has 184 valence electrons. The molecule has 0 heterocycles. The first kappa shape index (κ1) is 26.3. The van der Waals surface area contributed by atoms with E-state index in [2.05, 4.69) is 5.32 Å². The molecule has 0 radical (unpaired) electrons. The molecule has 0 aromatic heterocycles. The second kappa shape index (κ2) is 11.4. The Balaban J connectivity index is 1.88. The SMILES string of the molecule is CCOC(=O)c1ccc(NC(=O)CN(c2ccc(C)cc2)S(=O)(=O)c2ccc(SC)cc2)c(C)c1. The number of nitrogens with one attached hydrogen (secondary N) is 1. The fourth-order valence-corrected chi connectivity index (χ4v) is 5.20. The number of aryl methyl sites for hydroxylation is 2. The molecule has 0 saturated heterocycles. The molecular formula is C26H28N2O5S2. The van der Waals surface area contributed by atoms with Gasteiger partial charge < -0.3 is 10.1 Å². The van der Waals surface area contributed by atoms with E-state index in [-0.39, 0.29) is 11.5 Å². The Kier molecular flexibility index (Phi) is 8.58. The third-order valence-corrected chi connectivity index (χ3v) is 7.80. The summed E-state index contributed by atoms with van der Waals surface area (Å²) in [6.07, 6.45) is 1.91. The van der Waals surface area contributed by atoms with E-state index in [1.165, 1.54) is 11.8 Å². The van der Waals surface area contributed by atoms with Crippen LogP contribution in [0.2, 0.25) is 0 Å². The van der Waals surface area contributed by atoms with Crippen LogP contribution < -0.4 is 9.62 Å². The molecule has 9 heteroatoms. The zero-order valence-corrected chi connectivity index (χ0v) is 21.7. The number of sulfonamides is 1. The lowest BCUT2D eigenvalue weighted by molar-refractivity contribution is -0.114. The van der Waals surface area contributed by atoms with Crippen LogP contribution >= 0.6 is 11.8 Å². The Morgan fingerprint density at radius 1 is 0.971 bits per heavy atom. The number of thioether (sulfide) groups is 1. The van der Waals surface area contributed by atoms with Crippen LogP contribution in [-0.4, -0.2) is 39.7 Å². The number of esters is 1. The van der Waals surface area contributed by atoms with Crippen molar-refractivity contribution in [1.29, 1.82) is 0 Å². The molecule has 0 aliphatic carbocycles. The summed E-state index contributed by atoms with van der Waals surface area (Å²) < 4.78 is 33.2. The summed E-state index contributed by atoms with van der Waals surface area (Å²) in [7, 11) is -4.01. The van der Waals surface area contributed by atoms with Gasteiger partial charge in [0, 0.05) is 10.6 Å². The molecule has 3 aromatic rings. The topological polar surface area (TPSA) is 92.8 Å². The van der Waals surface area contributed by atoms with E-state index < -0.39 is 28.4 Å². The summed E-state index contributed by atoms with van der Waals surface area (Å²) in [6.45, 7) is 5.22. The van der Waals surface area contributed by atoms with E-state index in [1.54, 1.807) is 80.6 Å². The number of hydrogen-bond acceptors (Lipinski definition) is 6. The average Bonchev–Trinajstić information content (AvgIpc) is 2.84. The molecule has 3 rings (SSSR count). The summed E-state index contributed by atoms with van der Waals surface area (Å²) in [5.74, 6) is -0.959. The molecule has 0 atom stereocenters. The summed E-state index contributed by atoms with van der Waals surface area (Å²) in [6, 6.07) is 18.3. The number of anilines is 2. The Labute approximate surface area is 210 Å². The lowest BCUT2D eigenvalue weighted by Gasteiger charge is -2.24. The first-order chi connectivity index (χ1) is 16.6. The highest BCUT2D eigenvalue weighted by atomic mass is 32.2. The van der Waals surface area contributed by atoms with Crippen LogP contribution in [0.15, 0.2) is 76.5 Å². The Hall–Kier alpha value is -3.30. The molecule has 0 bridgehead atoms. The number of amides is 1. The molecule has 7 nitrogen and oxygen atoms in total. The lowest BCUT2D eigenvalue weighted by atomic mass is 10.1. The van der Waals surface area contributed by atoms with E-state index in [0.717, 1.165) is 14.8 Å². The van der Waals surface area contributed by atoms with Gasteiger partial charge in [0.05, 0.1) is 22.8 Å². The summed E-state index contributed by atoms with van der Waals surface area (Å²) >= 11 is 1.51. The smallest absolute Gasteiger partial charge is 0.338 e. The highest BCUT2D eigenvalue weighted by Crippen LogP contribution is 2.26. The van der Waals surface area contributed by atoms with Gasteiger partial charge in [-0.15, -0.1) is 11.8 Å². The van der Waals surface area contributed by atoms with Crippen molar-refractivity contribution in [2.75, 3.05) is 29.0 Å². The monoisotopic (exact) mass is 512 g/mol. The Morgan fingerprint density at radius 2 is 1.63 bits per heavy atom. The second-order valence-corrected chi connectivity index (χ2v) is 10.6. The van der Waals surface area contributed by atoms with Gasteiger partial charge >= 0.3 is 5.97 Å². The fraction of sp³-hybridized carbons (Fsp3) is 0.231. The summed E-state index contributed by atoms with van der Waals surface area (Å²) in [5.41, 5.74) is 2.86. The minimum atomic E-state index is -4.01. The Morgan fingerprint density at radius 3 is 2.20 bits per heavy atom. The number of ether oxygens (including phenoxy) is 1. The van der Waals surface area contributed by atoms with Gasteiger partial charge in [0.15, 0.2) is 0 Å². The first-order valence-electron chi connectivity index (χ1n) is 11.0. The van der Waals surface area contributed by atoms with Crippen LogP contribution in [-0.2, 0) is 19.6 Å². The quantitative estimate of drug-likeness (QED) is 0.319. The molecule has 0 aliphatic heterocycles. The van der Waals surface area contributed by atoms with Gasteiger partial charge in [-0.05, 0) is 87.2 Å². The van der Waals surface area contributed by atoms with Crippen molar-refractivity contribution >= 4 is 45.0 Å². The maximum atomic E-state index is 13.5. The highest BCUT2D eigenvalue weighted by Gasteiger charge is 2.27. The summed E-state index contributed by atoms with van der Waals surface area (Å²) in [4.78, 5) is 26.0. The number of carbonyl (C=O) groups excluding carboxylic acids is 2. The van der Waals surface area contributed by atoms with Crippen molar-refractivity contribution in [1.82, 2.24) is 0 Å². The molecule has 3 aromatic carbocycles. The van der Waals surface area contributed by atoms with Gasteiger partial charge in [-0.2, -0.15) is 0 Å². The van der Waals surface area contributed by atoms with Crippen LogP contribution in [0, 0.1) is 13.8 Å². The molecule has 0 saturated carbocycles. The highest BCUT2D eigenvalue weighted by molar-refractivity contribution is 7.98. The second-order valence-electron chi connectivity index (χ2n) is 7.82. The molecule has 0 unspecified atom stereocenters. The standard InChI is InChI=1S/C26H28N2O5S2/c1-5-33-26(30)20-8-15-24(19(3)16-20)27-25(29)17-28(21-9-6-18(2)7-10-21)35(31,32)23-13-11-22(34-4)12-14-23/h6-16H,5,17H2,1-4H3,(H,27,29). The van der Waals surface area contributed by atoms with Crippen LogP contribution in [0.4, 0.5) is 11.4 Å². The number of hydrogen-bond donors (Lipinski definition) is 1. The Bertz CT molecular complexity index is 1300. The van der Waals surface area contributed by atoms with Gasteiger partial charge in [0.25, 0.3) is 10.0 Å². The maximum absolute atomic E-state index is 13.5. The van der Waals surface area contributed by atoms with Crippen molar-refractivity contribution < 1.29 is 22.7 Å². The van der Waals surface area contributed by atoms with Crippen LogP contribution in [0.1, 0.15) is 28.4 Å². The maximum Gasteiger partial charge on any atom is 0.338 e. The predicted molar refractivity (Wildman–Crippen MR) is 140 cm³/mol. The first-order valence-corrected chi connectivity index (χ1v) is 13.6. The number of nitrogens with zero attached hydrogens (tertiary/aromatic N) is 1. The largest absolute Gasteiger partial charge is 0.462 e. The van der Waals surface area contributed by atoms with Crippen LogP contribution in [0.3, 0.4) is 0 Å². The fourth-order valence-electron chi connectivity index (χ4n) is 3.37. The van der Waals surface area contributed by atoms with Gasteiger partial charge in [-0.3, -0.25) is 9.10 Å². The van der Waals surface area contributed by atoms with Crippen molar-refractivity contribution in [3.05, 3.63) is 83.4 Å². The van der Waals surface area contributed by atoms with Gasteiger partial charge in [0.1, 0.15) is 6.54 Å². The molecule has 1 N–H and O–H groups in total. The molecule has 0 aliphatic rings. The third-order valence-electron chi connectivity index (χ3n) is 5.27. The molecular weight excluding hydrogens is 484 g/mol. The average molecular weight is 513 g/mol. The van der Waals surface area contributed by atoms with Crippen molar-refractivity contribution in [3.63, 3.8) is 0 Å². The third kappa shape index (κ3) is 6.43. The number of carbonyl (C=O) groups is 2. The van der Waals surface area contributed by atoms with E-state index >= 15 is 0 Å². The number of rotatable bonds is 9. The van der Waals surface area contributed by atoms with Crippen molar-refractivity contribution in [2.24, 2.45) is 0 Å². The lowest BCUT2D eigenvalue weighted by Crippen LogP contribution is -2.38. The molecule has 0 fully saturated rings. The molecule has 35 heavy (non-hydrogen) atoms.